The lowest BCUT2D eigenvalue weighted by molar-refractivity contribution is -0.120. The fraction of sp³-hybridized carbons (Fsp3) is 0.375. The van der Waals surface area contributed by atoms with Crippen LogP contribution < -0.4 is 4.72 Å². The van der Waals surface area contributed by atoms with E-state index in [2.05, 4.69) is 15.9 Å². The van der Waals surface area contributed by atoms with Crippen molar-refractivity contribution >= 4 is 43.2 Å². The molecule has 1 heterocycles. The second kappa shape index (κ2) is 4.63. The maximum atomic E-state index is 11.5. The molecule has 0 aliphatic carbocycles. The first-order valence-electron chi connectivity index (χ1n) is 4.06. The molecule has 1 amide bonds. The zero-order chi connectivity index (χ0) is 11.6. The molecule has 0 fully saturated rings. The van der Waals surface area contributed by atoms with Crippen LogP contribution in [0.5, 0.6) is 0 Å². The van der Waals surface area contributed by atoms with Gasteiger partial charge in [-0.3, -0.25) is 9.52 Å². The highest BCUT2D eigenvalue weighted by Crippen LogP contribution is 2.28. The van der Waals surface area contributed by atoms with Gasteiger partial charge >= 0.3 is 0 Å². The molecule has 7 heteroatoms. The SMILES string of the molecule is CC(C(=O)NS(C)(=O)=O)c1ccc(Br)s1. The Bertz CT molecular complexity index is 466. The van der Waals surface area contributed by atoms with Crippen LogP contribution in [0.15, 0.2) is 15.9 Å². The molecule has 0 bridgehead atoms. The second-order valence-electron chi connectivity index (χ2n) is 3.10. The quantitative estimate of drug-likeness (QED) is 0.924. The number of rotatable bonds is 3. The van der Waals surface area contributed by atoms with Gasteiger partial charge in [0.15, 0.2) is 0 Å². The lowest BCUT2D eigenvalue weighted by Gasteiger charge is -2.08. The molecule has 0 spiro atoms. The van der Waals surface area contributed by atoms with Gasteiger partial charge < -0.3 is 0 Å². The van der Waals surface area contributed by atoms with Gasteiger partial charge in [-0.2, -0.15) is 0 Å². The molecule has 1 rings (SSSR count). The van der Waals surface area contributed by atoms with Gasteiger partial charge in [-0.25, -0.2) is 8.42 Å². The number of carbonyl (C=O) groups is 1. The van der Waals surface area contributed by atoms with E-state index in [1.165, 1.54) is 11.3 Å². The highest BCUT2D eigenvalue weighted by molar-refractivity contribution is 9.11. The molecule has 1 N–H and O–H groups in total. The Labute approximate surface area is 101 Å². The van der Waals surface area contributed by atoms with Crippen LogP contribution in [0.3, 0.4) is 0 Å². The van der Waals surface area contributed by atoms with Crippen molar-refractivity contribution in [1.29, 1.82) is 0 Å². The Morgan fingerprint density at radius 3 is 2.53 bits per heavy atom. The van der Waals surface area contributed by atoms with Crippen molar-refractivity contribution in [2.75, 3.05) is 6.26 Å². The first-order chi connectivity index (χ1) is 6.79. The third-order valence-corrected chi connectivity index (χ3v) is 4.08. The first-order valence-corrected chi connectivity index (χ1v) is 7.56. The van der Waals surface area contributed by atoms with E-state index in [-0.39, 0.29) is 0 Å². The summed E-state index contributed by atoms with van der Waals surface area (Å²) in [5.41, 5.74) is 0. The van der Waals surface area contributed by atoms with Crippen LogP contribution in [0.2, 0.25) is 0 Å². The summed E-state index contributed by atoms with van der Waals surface area (Å²) in [6.45, 7) is 1.67. The van der Waals surface area contributed by atoms with Crippen molar-refractivity contribution in [3.8, 4) is 0 Å². The van der Waals surface area contributed by atoms with Gasteiger partial charge in [-0.15, -0.1) is 11.3 Å². The molecular formula is C8H10BrNO3S2. The summed E-state index contributed by atoms with van der Waals surface area (Å²) in [4.78, 5) is 12.3. The van der Waals surface area contributed by atoms with Crippen LogP contribution in [-0.4, -0.2) is 20.6 Å². The van der Waals surface area contributed by atoms with Crippen LogP contribution in [0.1, 0.15) is 17.7 Å². The standard InChI is InChI=1S/C8H10BrNO3S2/c1-5(6-3-4-7(9)14-6)8(11)10-15(2,12)13/h3-5H,1-2H3,(H,10,11). The molecule has 4 nitrogen and oxygen atoms in total. The van der Waals surface area contributed by atoms with Crippen molar-refractivity contribution in [2.24, 2.45) is 0 Å². The van der Waals surface area contributed by atoms with Crippen molar-refractivity contribution in [1.82, 2.24) is 4.72 Å². The van der Waals surface area contributed by atoms with E-state index in [1.54, 1.807) is 13.0 Å². The molecule has 0 aliphatic heterocycles. The summed E-state index contributed by atoms with van der Waals surface area (Å²) in [5.74, 6) is -0.970. The molecule has 1 unspecified atom stereocenters. The first kappa shape index (κ1) is 12.7. The largest absolute Gasteiger partial charge is 0.273 e. The molecule has 0 radical (unpaired) electrons. The molecular weight excluding hydrogens is 302 g/mol. The summed E-state index contributed by atoms with van der Waals surface area (Å²) < 4.78 is 24.6. The normalized spacial score (nSPS) is 13.5. The monoisotopic (exact) mass is 311 g/mol. The zero-order valence-electron chi connectivity index (χ0n) is 8.15. The Balaban J connectivity index is 2.78. The van der Waals surface area contributed by atoms with Gasteiger partial charge in [0.1, 0.15) is 0 Å². The molecule has 0 saturated carbocycles. The predicted octanol–water partition coefficient (Wildman–Crippen LogP) is 1.69. The molecule has 15 heavy (non-hydrogen) atoms. The van der Waals surface area contributed by atoms with Gasteiger partial charge in [0.2, 0.25) is 15.9 Å². The lowest BCUT2D eigenvalue weighted by atomic mass is 10.1. The Morgan fingerprint density at radius 2 is 2.13 bits per heavy atom. The van der Waals surface area contributed by atoms with E-state index < -0.39 is 21.8 Å². The number of sulfonamides is 1. The average Bonchev–Trinajstić information content (AvgIpc) is 2.47. The number of thiophene rings is 1. The minimum Gasteiger partial charge on any atom is -0.273 e. The number of nitrogens with one attached hydrogen (secondary N) is 1. The maximum absolute atomic E-state index is 11.5. The highest BCUT2D eigenvalue weighted by Gasteiger charge is 2.19. The van der Waals surface area contributed by atoms with Gasteiger partial charge in [-0.1, -0.05) is 0 Å². The van der Waals surface area contributed by atoms with E-state index >= 15 is 0 Å². The molecule has 1 atom stereocenters. The summed E-state index contributed by atoms with van der Waals surface area (Å²) in [6.07, 6.45) is 0.960. The molecule has 0 aromatic carbocycles. The Hall–Kier alpha value is -0.400. The van der Waals surface area contributed by atoms with Crippen molar-refractivity contribution < 1.29 is 13.2 Å². The number of hydrogen-bond acceptors (Lipinski definition) is 4. The Kier molecular flexibility index (Phi) is 3.91. The van der Waals surface area contributed by atoms with E-state index in [1.807, 2.05) is 10.8 Å². The smallest absolute Gasteiger partial charge is 0.241 e. The highest BCUT2D eigenvalue weighted by atomic mass is 79.9. The number of amides is 1. The minimum atomic E-state index is -3.48. The summed E-state index contributed by atoms with van der Waals surface area (Å²) in [5, 5.41) is 0. The second-order valence-corrected chi connectivity index (χ2v) is 7.35. The lowest BCUT2D eigenvalue weighted by Crippen LogP contribution is -2.32. The van der Waals surface area contributed by atoms with Crippen LogP contribution >= 0.6 is 27.3 Å². The predicted molar refractivity (Wildman–Crippen MR) is 63.4 cm³/mol. The Morgan fingerprint density at radius 1 is 1.53 bits per heavy atom. The van der Waals surface area contributed by atoms with Crippen molar-refractivity contribution in [3.05, 3.63) is 20.8 Å². The van der Waals surface area contributed by atoms with Crippen LogP contribution in [0.25, 0.3) is 0 Å². The minimum absolute atomic E-state index is 0.462. The third kappa shape index (κ3) is 3.92. The molecule has 84 valence electrons. The summed E-state index contributed by atoms with van der Waals surface area (Å²) in [7, 11) is -3.48. The van der Waals surface area contributed by atoms with Crippen LogP contribution in [0, 0.1) is 0 Å². The average molecular weight is 312 g/mol. The van der Waals surface area contributed by atoms with Gasteiger partial charge in [0.25, 0.3) is 0 Å². The van der Waals surface area contributed by atoms with Gasteiger partial charge in [0.05, 0.1) is 16.0 Å². The number of carbonyl (C=O) groups excluding carboxylic acids is 1. The topological polar surface area (TPSA) is 63.2 Å². The third-order valence-electron chi connectivity index (χ3n) is 1.70. The van der Waals surface area contributed by atoms with E-state index in [4.69, 9.17) is 0 Å². The molecule has 1 aromatic rings. The summed E-state index contributed by atoms with van der Waals surface area (Å²) >= 11 is 4.69. The van der Waals surface area contributed by atoms with Crippen LogP contribution in [0.4, 0.5) is 0 Å². The fourth-order valence-electron chi connectivity index (χ4n) is 0.961. The van der Waals surface area contributed by atoms with E-state index in [0.717, 1.165) is 14.9 Å². The van der Waals surface area contributed by atoms with Crippen molar-refractivity contribution in [2.45, 2.75) is 12.8 Å². The zero-order valence-corrected chi connectivity index (χ0v) is 11.4. The fourth-order valence-corrected chi connectivity index (χ4v) is 2.98. The van der Waals surface area contributed by atoms with Gasteiger partial charge in [-0.05, 0) is 35.0 Å². The molecule has 0 saturated heterocycles. The van der Waals surface area contributed by atoms with Crippen molar-refractivity contribution in [3.63, 3.8) is 0 Å². The molecule has 1 aromatic heterocycles. The van der Waals surface area contributed by atoms with Gasteiger partial charge in [0, 0.05) is 4.88 Å². The number of halogens is 1. The van der Waals surface area contributed by atoms with E-state index in [9.17, 15) is 13.2 Å². The van der Waals surface area contributed by atoms with E-state index in [0.29, 0.717) is 0 Å². The van der Waals surface area contributed by atoms with Crippen LogP contribution in [-0.2, 0) is 14.8 Å². The summed E-state index contributed by atoms with van der Waals surface area (Å²) in [6, 6.07) is 3.62. The maximum Gasteiger partial charge on any atom is 0.241 e. The number of hydrogen-bond donors (Lipinski definition) is 1. The molecule has 0 aliphatic rings.